The van der Waals surface area contributed by atoms with Crippen LogP contribution in [-0.2, 0) is 5.88 Å². The Morgan fingerprint density at radius 2 is 2.00 bits per heavy atom. The van der Waals surface area contributed by atoms with Crippen molar-refractivity contribution in [3.05, 3.63) is 53.6 Å². The Kier molecular flexibility index (Phi) is 4.06. The molecule has 2 rings (SSSR count). The first-order valence-electron chi connectivity index (χ1n) is 5.51. The number of benzene rings is 1. The van der Waals surface area contributed by atoms with E-state index in [4.69, 9.17) is 16.3 Å². The van der Waals surface area contributed by atoms with Crippen LogP contribution in [0, 0.1) is 0 Å². The standard InChI is InChI=1S/C14H15ClO/c15-10-12-6-8-14(9-7-12)16-11-13-4-2-1-3-5-13/h1-2,4,6-9H,3,5,10-11H2. The Hall–Kier alpha value is -1.21. The lowest BCUT2D eigenvalue weighted by Gasteiger charge is -2.11. The molecule has 0 heterocycles. The second kappa shape index (κ2) is 5.76. The first-order chi connectivity index (χ1) is 7.88. The van der Waals surface area contributed by atoms with Gasteiger partial charge in [0.05, 0.1) is 0 Å². The van der Waals surface area contributed by atoms with Crippen molar-refractivity contribution in [2.24, 2.45) is 0 Å². The predicted octanol–water partition coefficient (Wildman–Crippen LogP) is 4.08. The molecule has 1 aromatic carbocycles. The van der Waals surface area contributed by atoms with Gasteiger partial charge >= 0.3 is 0 Å². The fraction of sp³-hybridized carbons (Fsp3) is 0.286. The molecule has 2 heteroatoms. The third kappa shape index (κ3) is 3.14. The number of ether oxygens (including phenoxy) is 1. The van der Waals surface area contributed by atoms with Gasteiger partial charge < -0.3 is 4.74 Å². The van der Waals surface area contributed by atoms with E-state index >= 15 is 0 Å². The summed E-state index contributed by atoms with van der Waals surface area (Å²) < 4.78 is 5.70. The van der Waals surface area contributed by atoms with E-state index in [1.54, 1.807) is 0 Å². The zero-order valence-corrected chi connectivity index (χ0v) is 9.91. The van der Waals surface area contributed by atoms with E-state index in [1.165, 1.54) is 5.57 Å². The highest BCUT2D eigenvalue weighted by Gasteiger charge is 2.01. The van der Waals surface area contributed by atoms with Crippen molar-refractivity contribution >= 4 is 11.6 Å². The highest BCUT2D eigenvalue weighted by molar-refractivity contribution is 6.17. The van der Waals surface area contributed by atoms with Crippen LogP contribution in [0.3, 0.4) is 0 Å². The van der Waals surface area contributed by atoms with Crippen molar-refractivity contribution in [3.63, 3.8) is 0 Å². The number of halogens is 1. The quantitative estimate of drug-likeness (QED) is 0.714. The molecule has 1 nitrogen and oxygen atoms in total. The van der Waals surface area contributed by atoms with Gasteiger partial charge in [-0.3, -0.25) is 0 Å². The lowest BCUT2D eigenvalue weighted by Crippen LogP contribution is -2.02. The first kappa shape index (κ1) is 11.3. The average Bonchev–Trinajstić information content (AvgIpc) is 2.38. The monoisotopic (exact) mass is 234 g/mol. The van der Waals surface area contributed by atoms with E-state index in [-0.39, 0.29) is 0 Å². The van der Waals surface area contributed by atoms with Gasteiger partial charge in [-0.1, -0.05) is 30.4 Å². The first-order valence-corrected chi connectivity index (χ1v) is 6.04. The molecule has 0 bridgehead atoms. The topological polar surface area (TPSA) is 9.23 Å². The largest absolute Gasteiger partial charge is 0.489 e. The lowest BCUT2D eigenvalue weighted by molar-refractivity contribution is 0.347. The summed E-state index contributed by atoms with van der Waals surface area (Å²) in [5, 5.41) is 0. The van der Waals surface area contributed by atoms with Gasteiger partial charge in [0.15, 0.2) is 0 Å². The second-order valence-electron chi connectivity index (χ2n) is 3.86. The molecule has 0 radical (unpaired) electrons. The minimum Gasteiger partial charge on any atom is -0.489 e. The Bertz CT molecular complexity index is 390. The summed E-state index contributed by atoms with van der Waals surface area (Å²) in [4.78, 5) is 0. The van der Waals surface area contributed by atoms with Crippen LogP contribution in [0.1, 0.15) is 18.4 Å². The van der Waals surface area contributed by atoms with E-state index in [9.17, 15) is 0 Å². The van der Waals surface area contributed by atoms with Gasteiger partial charge in [0.2, 0.25) is 0 Å². The lowest BCUT2D eigenvalue weighted by atomic mass is 10.1. The molecule has 0 amide bonds. The van der Waals surface area contributed by atoms with Crippen molar-refractivity contribution in [1.29, 1.82) is 0 Å². The molecule has 0 N–H and O–H groups in total. The number of rotatable bonds is 4. The fourth-order valence-electron chi connectivity index (χ4n) is 1.62. The normalized spacial score (nSPS) is 14.7. The highest BCUT2D eigenvalue weighted by atomic mass is 35.5. The van der Waals surface area contributed by atoms with E-state index < -0.39 is 0 Å². The maximum Gasteiger partial charge on any atom is 0.119 e. The molecule has 0 unspecified atom stereocenters. The Morgan fingerprint density at radius 3 is 2.62 bits per heavy atom. The summed E-state index contributed by atoms with van der Waals surface area (Å²) in [6.45, 7) is 0.685. The smallest absolute Gasteiger partial charge is 0.119 e. The average molecular weight is 235 g/mol. The Labute approximate surface area is 101 Å². The van der Waals surface area contributed by atoms with Crippen LogP contribution >= 0.6 is 11.6 Å². The maximum absolute atomic E-state index is 5.72. The molecule has 0 aliphatic heterocycles. The summed E-state index contributed by atoms with van der Waals surface area (Å²) in [6.07, 6.45) is 8.64. The summed E-state index contributed by atoms with van der Waals surface area (Å²) in [7, 11) is 0. The number of hydrogen-bond donors (Lipinski definition) is 0. The van der Waals surface area contributed by atoms with Gasteiger partial charge in [0.25, 0.3) is 0 Å². The van der Waals surface area contributed by atoms with Crippen LogP contribution in [-0.4, -0.2) is 6.61 Å². The van der Waals surface area contributed by atoms with Gasteiger partial charge in [-0.05, 0) is 36.1 Å². The fourth-order valence-corrected chi connectivity index (χ4v) is 1.80. The third-order valence-corrected chi connectivity index (χ3v) is 2.91. The van der Waals surface area contributed by atoms with Crippen molar-refractivity contribution < 1.29 is 4.74 Å². The molecule has 0 spiro atoms. The second-order valence-corrected chi connectivity index (χ2v) is 4.13. The van der Waals surface area contributed by atoms with Gasteiger partial charge in [0.1, 0.15) is 12.4 Å². The van der Waals surface area contributed by atoms with Gasteiger partial charge in [0, 0.05) is 5.88 Å². The molecule has 0 saturated heterocycles. The third-order valence-electron chi connectivity index (χ3n) is 2.60. The molecule has 0 fully saturated rings. The number of allylic oxidation sites excluding steroid dienone is 3. The summed E-state index contributed by atoms with van der Waals surface area (Å²) in [5.74, 6) is 1.46. The number of hydrogen-bond acceptors (Lipinski definition) is 1. The molecule has 0 atom stereocenters. The minimum absolute atomic E-state index is 0.552. The van der Waals surface area contributed by atoms with Crippen molar-refractivity contribution in [3.8, 4) is 5.75 Å². The Morgan fingerprint density at radius 1 is 1.19 bits per heavy atom. The van der Waals surface area contributed by atoms with Crippen molar-refractivity contribution in [1.82, 2.24) is 0 Å². The van der Waals surface area contributed by atoms with E-state index in [0.717, 1.165) is 24.2 Å². The maximum atomic E-state index is 5.72. The van der Waals surface area contributed by atoms with E-state index in [1.807, 2.05) is 24.3 Å². The molecule has 16 heavy (non-hydrogen) atoms. The molecule has 1 aliphatic carbocycles. The van der Waals surface area contributed by atoms with Crippen LogP contribution in [0.4, 0.5) is 0 Å². The molecule has 0 saturated carbocycles. The molecule has 0 aromatic heterocycles. The van der Waals surface area contributed by atoms with Crippen LogP contribution in [0.15, 0.2) is 48.1 Å². The Balaban J connectivity index is 1.89. The molecule has 1 aliphatic rings. The van der Waals surface area contributed by atoms with Gasteiger partial charge in [-0.25, -0.2) is 0 Å². The van der Waals surface area contributed by atoms with Gasteiger partial charge in [-0.2, -0.15) is 0 Å². The summed E-state index contributed by atoms with van der Waals surface area (Å²) in [5.41, 5.74) is 2.47. The van der Waals surface area contributed by atoms with Crippen LogP contribution in [0.25, 0.3) is 0 Å². The SMILES string of the molecule is ClCc1ccc(OCC2=CC=CCC2)cc1. The van der Waals surface area contributed by atoms with Crippen LogP contribution in [0.5, 0.6) is 5.75 Å². The van der Waals surface area contributed by atoms with Crippen LogP contribution in [0.2, 0.25) is 0 Å². The zero-order chi connectivity index (χ0) is 11.2. The van der Waals surface area contributed by atoms with Gasteiger partial charge in [-0.15, -0.1) is 11.6 Å². The molecule has 1 aromatic rings. The van der Waals surface area contributed by atoms with Crippen molar-refractivity contribution in [2.45, 2.75) is 18.7 Å². The van der Waals surface area contributed by atoms with E-state index in [2.05, 4.69) is 18.2 Å². The molecular weight excluding hydrogens is 220 g/mol. The summed E-state index contributed by atoms with van der Waals surface area (Å²) >= 11 is 5.72. The summed E-state index contributed by atoms with van der Waals surface area (Å²) in [6, 6.07) is 7.93. The predicted molar refractivity (Wildman–Crippen MR) is 68.0 cm³/mol. The number of alkyl halides is 1. The molecule has 84 valence electrons. The van der Waals surface area contributed by atoms with Crippen molar-refractivity contribution in [2.75, 3.05) is 6.61 Å². The highest BCUT2D eigenvalue weighted by Crippen LogP contribution is 2.17. The van der Waals surface area contributed by atoms with E-state index in [0.29, 0.717) is 12.5 Å². The minimum atomic E-state index is 0.552. The molecular formula is C14H15ClO. The zero-order valence-electron chi connectivity index (χ0n) is 9.16. The van der Waals surface area contributed by atoms with Crippen LogP contribution < -0.4 is 4.74 Å².